The second kappa shape index (κ2) is 10.3. The molecule has 2 aliphatic heterocycles. The first-order chi connectivity index (χ1) is 19.7. The molecule has 0 bridgehead atoms. The lowest BCUT2D eigenvalue weighted by Crippen LogP contribution is -2.43. The summed E-state index contributed by atoms with van der Waals surface area (Å²) in [5.74, 6) is 0.837. The van der Waals surface area contributed by atoms with Gasteiger partial charge in [-0.25, -0.2) is 19.4 Å². The zero-order chi connectivity index (χ0) is 28.7. The summed E-state index contributed by atoms with van der Waals surface area (Å²) in [5.41, 5.74) is 8.48. The molecule has 212 valence electrons. The van der Waals surface area contributed by atoms with E-state index < -0.39 is 5.60 Å². The van der Waals surface area contributed by atoms with Gasteiger partial charge in [0.2, 0.25) is 6.79 Å². The van der Waals surface area contributed by atoms with Crippen molar-refractivity contribution in [2.24, 2.45) is 0 Å². The van der Waals surface area contributed by atoms with Gasteiger partial charge in [-0.05, 0) is 57.9 Å². The predicted molar refractivity (Wildman–Crippen MR) is 152 cm³/mol. The molecule has 2 amide bonds. The van der Waals surface area contributed by atoms with E-state index in [-0.39, 0.29) is 30.7 Å². The number of nitrogens with two attached hydrogens (primary N) is 1. The molecule has 2 aromatic heterocycles. The van der Waals surface area contributed by atoms with E-state index >= 15 is 0 Å². The van der Waals surface area contributed by atoms with Gasteiger partial charge in [0.25, 0.3) is 5.91 Å². The van der Waals surface area contributed by atoms with Crippen molar-refractivity contribution < 1.29 is 23.8 Å². The zero-order valence-electron chi connectivity index (χ0n) is 23.1. The molecule has 0 unspecified atom stereocenters. The van der Waals surface area contributed by atoms with E-state index in [0.29, 0.717) is 58.1 Å². The first-order valence-electron chi connectivity index (χ1n) is 13.5. The molecule has 41 heavy (non-hydrogen) atoms. The highest BCUT2D eigenvalue weighted by molar-refractivity contribution is 6.06. The van der Waals surface area contributed by atoms with Crippen LogP contribution >= 0.6 is 0 Å². The number of carbonyl (C=O) groups excluding carboxylic acids is 2. The molecule has 1 saturated heterocycles. The molecule has 4 aromatic rings. The predicted octanol–water partition coefficient (Wildman–Crippen LogP) is 4.63. The van der Waals surface area contributed by atoms with E-state index in [1.807, 2.05) is 31.5 Å². The SMILES string of the molecule is CC(C)(C)OC(=O)N1CCC[C@@H](n2nc(-c3ccc(NC(=O)c4ccccc4)c4c3OCO4)c3c(N)ncnc32)C1. The third-order valence-corrected chi connectivity index (χ3v) is 6.97. The molecule has 6 rings (SSSR count). The number of hydrogen-bond donors (Lipinski definition) is 2. The number of carbonyl (C=O) groups is 2. The maximum atomic E-state index is 12.8. The Balaban J connectivity index is 1.37. The molecule has 12 heteroatoms. The van der Waals surface area contributed by atoms with E-state index in [0.717, 1.165) is 12.8 Å². The van der Waals surface area contributed by atoms with Gasteiger partial charge in [-0.1, -0.05) is 18.2 Å². The largest absolute Gasteiger partial charge is 0.453 e. The Morgan fingerprint density at radius 1 is 1.07 bits per heavy atom. The number of nitrogens with zero attached hydrogens (tertiary/aromatic N) is 5. The number of amides is 2. The molecule has 12 nitrogen and oxygen atoms in total. The van der Waals surface area contributed by atoms with Crippen LogP contribution in [-0.2, 0) is 4.74 Å². The van der Waals surface area contributed by atoms with Gasteiger partial charge < -0.3 is 30.2 Å². The highest BCUT2D eigenvalue weighted by Crippen LogP contribution is 2.48. The number of hydrogen-bond acceptors (Lipinski definition) is 9. The summed E-state index contributed by atoms with van der Waals surface area (Å²) in [4.78, 5) is 36.1. The molecule has 2 aliphatic rings. The van der Waals surface area contributed by atoms with Crippen LogP contribution in [0.3, 0.4) is 0 Å². The van der Waals surface area contributed by atoms with E-state index in [1.165, 1.54) is 6.33 Å². The maximum absolute atomic E-state index is 12.8. The quantitative estimate of drug-likeness (QED) is 0.367. The monoisotopic (exact) mass is 557 g/mol. The average Bonchev–Trinajstić information content (AvgIpc) is 3.60. The fourth-order valence-corrected chi connectivity index (χ4v) is 5.15. The number of aromatic nitrogens is 4. The molecular formula is C29H31N7O5. The molecular weight excluding hydrogens is 526 g/mol. The van der Waals surface area contributed by atoms with E-state index in [4.69, 9.17) is 25.0 Å². The number of nitrogens with one attached hydrogen (secondary N) is 1. The lowest BCUT2D eigenvalue weighted by atomic mass is 10.1. The van der Waals surface area contributed by atoms with Gasteiger partial charge in [0.1, 0.15) is 23.4 Å². The number of ether oxygens (including phenoxy) is 3. The minimum absolute atomic E-state index is 0.0152. The van der Waals surface area contributed by atoms with Gasteiger partial charge in [-0.2, -0.15) is 5.10 Å². The summed E-state index contributed by atoms with van der Waals surface area (Å²) >= 11 is 0. The van der Waals surface area contributed by atoms with Crippen molar-refractivity contribution >= 4 is 34.5 Å². The Hall–Kier alpha value is -4.87. The number of nitrogen functional groups attached to an aromatic ring is 1. The Labute approximate surface area is 236 Å². The minimum atomic E-state index is -0.591. The first-order valence-corrected chi connectivity index (χ1v) is 13.5. The van der Waals surface area contributed by atoms with Gasteiger partial charge in [0.05, 0.1) is 17.1 Å². The second-order valence-corrected chi connectivity index (χ2v) is 11.0. The molecule has 0 aliphatic carbocycles. The molecule has 0 radical (unpaired) electrons. The van der Waals surface area contributed by atoms with Crippen LogP contribution in [0.4, 0.5) is 16.3 Å². The maximum Gasteiger partial charge on any atom is 0.410 e. The third kappa shape index (κ3) is 5.08. The second-order valence-electron chi connectivity index (χ2n) is 11.0. The van der Waals surface area contributed by atoms with Crippen molar-refractivity contribution in [1.29, 1.82) is 0 Å². The van der Waals surface area contributed by atoms with Gasteiger partial charge in [0, 0.05) is 24.2 Å². The smallest absolute Gasteiger partial charge is 0.410 e. The number of rotatable bonds is 4. The van der Waals surface area contributed by atoms with Crippen molar-refractivity contribution in [3.05, 3.63) is 54.4 Å². The van der Waals surface area contributed by atoms with Crippen molar-refractivity contribution in [2.45, 2.75) is 45.3 Å². The zero-order valence-corrected chi connectivity index (χ0v) is 23.1. The molecule has 4 heterocycles. The molecule has 1 atom stereocenters. The Kier molecular flexibility index (Phi) is 6.60. The van der Waals surface area contributed by atoms with Crippen molar-refractivity contribution in [3.8, 4) is 22.8 Å². The molecule has 1 fully saturated rings. The Morgan fingerprint density at radius 2 is 1.85 bits per heavy atom. The van der Waals surface area contributed by atoms with Gasteiger partial charge in [-0.3, -0.25) is 4.79 Å². The summed E-state index contributed by atoms with van der Waals surface area (Å²) < 4.78 is 19.1. The first kappa shape index (κ1) is 26.4. The van der Waals surface area contributed by atoms with Gasteiger partial charge >= 0.3 is 6.09 Å². The van der Waals surface area contributed by atoms with Crippen molar-refractivity contribution in [2.75, 3.05) is 30.9 Å². The van der Waals surface area contributed by atoms with E-state index in [9.17, 15) is 9.59 Å². The Bertz CT molecular complexity index is 1630. The lowest BCUT2D eigenvalue weighted by Gasteiger charge is -2.34. The van der Waals surface area contributed by atoms with Crippen molar-refractivity contribution in [3.63, 3.8) is 0 Å². The third-order valence-electron chi connectivity index (χ3n) is 6.97. The van der Waals surface area contributed by atoms with Gasteiger partial charge in [-0.15, -0.1) is 0 Å². The van der Waals surface area contributed by atoms with Crippen LogP contribution in [0.1, 0.15) is 50.0 Å². The standard InChI is InChI=1S/C29H31N7O5/c1-29(2,3)41-28(38)35-13-7-10-18(14-35)36-26-21(25(30)31-15-32-26)22(34-36)19-11-12-20(24-23(19)39-16-40-24)33-27(37)17-8-5-4-6-9-17/h4-6,8-9,11-12,15,18H,7,10,13-14,16H2,1-3H3,(H,33,37)(H2,30,31,32)/t18-/m1/s1. The Morgan fingerprint density at radius 3 is 2.63 bits per heavy atom. The van der Waals surface area contributed by atoms with Crippen LogP contribution in [0.15, 0.2) is 48.8 Å². The van der Waals surface area contributed by atoms with Crippen LogP contribution in [0.25, 0.3) is 22.3 Å². The minimum Gasteiger partial charge on any atom is -0.453 e. The molecule has 2 aromatic carbocycles. The number of likely N-dealkylation sites (tertiary alicyclic amines) is 1. The van der Waals surface area contributed by atoms with Crippen molar-refractivity contribution in [1.82, 2.24) is 24.6 Å². The summed E-state index contributed by atoms with van der Waals surface area (Å²) in [6.45, 7) is 6.55. The van der Waals surface area contributed by atoms with Crippen LogP contribution in [0.2, 0.25) is 0 Å². The number of benzene rings is 2. The summed E-state index contributed by atoms with van der Waals surface area (Å²) in [7, 11) is 0. The van der Waals surface area contributed by atoms with Crippen LogP contribution in [-0.4, -0.2) is 62.1 Å². The summed E-state index contributed by atoms with van der Waals surface area (Å²) in [6.07, 6.45) is 2.62. The fourth-order valence-electron chi connectivity index (χ4n) is 5.15. The van der Waals surface area contributed by atoms with E-state index in [2.05, 4.69) is 15.3 Å². The number of fused-ring (bicyclic) bond motifs is 2. The topological polar surface area (TPSA) is 147 Å². The lowest BCUT2D eigenvalue weighted by molar-refractivity contribution is 0.0169. The number of anilines is 2. The van der Waals surface area contributed by atoms with Gasteiger partial charge in [0.15, 0.2) is 17.1 Å². The molecule has 0 saturated carbocycles. The fraction of sp³-hybridized carbons (Fsp3) is 0.345. The highest BCUT2D eigenvalue weighted by Gasteiger charge is 2.33. The summed E-state index contributed by atoms with van der Waals surface area (Å²) in [6, 6.07) is 12.3. The normalized spacial score (nSPS) is 16.6. The number of piperidine rings is 1. The highest BCUT2D eigenvalue weighted by atomic mass is 16.7. The molecule has 0 spiro atoms. The van der Waals surface area contributed by atoms with E-state index in [1.54, 1.807) is 41.3 Å². The molecule has 3 N–H and O–H groups in total. The van der Waals surface area contributed by atoms with Crippen LogP contribution < -0.4 is 20.5 Å². The average molecular weight is 558 g/mol. The summed E-state index contributed by atoms with van der Waals surface area (Å²) in [5, 5.41) is 8.44. The van der Waals surface area contributed by atoms with Crippen LogP contribution in [0, 0.1) is 0 Å². The van der Waals surface area contributed by atoms with Crippen LogP contribution in [0.5, 0.6) is 11.5 Å².